The third-order valence-corrected chi connectivity index (χ3v) is 7.11. The van der Waals surface area contributed by atoms with Crippen LogP contribution < -0.4 is 15.8 Å². The number of piperazine rings is 1. The summed E-state index contributed by atoms with van der Waals surface area (Å²) in [6.45, 7) is 7.30. The second kappa shape index (κ2) is 10.3. The zero-order chi connectivity index (χ0) is 23.8. The van der Waals surface area contributed by atoms with Crippen LogP contribution in [0.5, 0.6) is 0 Å². The van der Waals surface area contributed by atoms with Gasteiger partial charge in [-0.25, -0.2) is 9.97 Å². The maximum absolute atomic E-state index is 13.4. The molecule has 10 heteroatoms. The van der Waals surface area contributed by atoms with Crippen molar-refractivity contribution in [3.8, 4) is 0 Å². The number of likely N-dealkylation sites (N-methyl/N-ethyl adjacent to an activating group) is 1. The molecule has 0 bridgehead atoms. The summed E-state index contributed by atoms with van der Waals surface area (Å²) in [6.07, 6.45) is 7.54. The van der Waals surface area contributed by atoms with E-state index in [0.717, 1.165) is 62.9 Å². The van der Waals surface area contributed by atoms with Crippen molar-refractivity contribution >= 4 is 46.7 Å². The van der Waals surface area contributed by atoms with E-state index in [9.17, 15) is 9.59 Å². The summed E-state index contributed by atoms with van der Waals surface area (Å²) in [7, 11) is 2.14. The smallest absolute Gasteiger partial charge is 0.263 e. The number of carbonyl (C=O) groups excluding carboxylic acids is 1. The van der Waals surface area contributed by atoms with Gasteiger partial charge in [0.25, 0.3) is 5.56 Å². The van der Waals surface area contributed by atoms with Crippen LogP contribution in [0.1, 0.15) is 54.6 Å². The number of nitrogens with zero attached hydrogens (tertiary/aromatic N) is 6. The summed E-state index contributed by atoms with van der Waals surface area (Å²) in [5, 5.41) is 3.92. The normalized spacial score (nSPS) is 16.9. The van der Waals surface area contributed by atoms with Crippen molar-refractivity contribution in [3.05, 3.63) is 46.0 Å². The number of pyridine rings is 2. The molecule has 1 saturated heterocycles. The van der Waals surface area contributed by atoms with Gasteiger partial charge in [-0.2, -0.15) is 4.98 Å². The quantitative estimate of drug-likeness (QED) is 0.533. The van der Waals surface area contributed by atoms with Crippen LogP contribution in [-0.4, -0.2) is 63.4 Å². The number of rotatable bonds is 5. The summed E-state index contributed by atoms with van der Waals surface area (Å²) in [5.74, 6) is 0.806. The topological polar surface area (TPSA) is 96.2 Å². The lowest BCUT2D eigenvalue weighted by Gasteiger charge is -2.33. The van der Waals surface area contributed by atoms with Crippen molar-refractivity contribution in [2.24, 2.45) is 0 Å². The number of anilines is 3. The van der Waals surface area contributed by atoms with Crippen LogP contribution in [-0.2, 0) is 0 Å². The average Bonchev–Trinajstić information content (AvgIpc) is 3.34. The molecule has 1 saturated carbocycles. The maximum atomic E-state index is 13.4. The van der Waals surface area contributed by atoms with Crippen molar-refractivity contribution in [1.29, 1.82) is 0 Å². The number of fused-ring (bicyclic) bond motifs is 1. The lowest BCUT2D eigenvalue weighted by molar-refractivity contribution is 0.101. The van der Waals surface area contributed by atoms with Gasteiger partial charge in [0.2, 0.25) is 5.95 Å². The van der Waals surface area contributed by atoms with Crippen LogP contribution in [0, 0.1) is 6.92 Å². The van der Waals surface area contributed by atoms with E-state index in [0.29, 0.717) is 23.0 Å². The van der Waals surface area contributed by atoms with E-state index in [-0.39, 0.29) is 35.4 Å². The Labute approximate surface area is 211 Å². The van der Waals surface area contributed by atoms with E-state index >= 15 is 0 Å². The van der Waals surface area contributed by atoms with Crippen molar-refractivity contribution in [1.82, 2.24) is 24.4 Å². The predicted molar refractivity (Wildman–Crippen MR) is 141 cm³/mol. The molecule has 1 N–H and O–H groups in total. The van der Waals surface area contributed by atoms with E-state index in [1.807, 2.05) is 12.3 Å². The molecule has 9 nitrogen and oxygen atoms in total. The summed E-state index contributed by atoms with van der Waals surface area (Å²) >= 11 is 0. The monoisotopic (exact) mass is 497 g/mol. The van der Waals surface area contributed by atoms with Crippen molar-refractivity contribution in [2.75, 3.05) is 43.4 Å². The minimum absolute atomic E-state index is 0. The lowest BCUT2D eigenvalue weighted by Crippen LogP contribution is -2.44. The second-order valence-electron chi connectivity index (χ2n) is 9.42. The Balaban J connectivity index is 0.00000289. The minimum atomic E-state index is -0.247. The molecule has 4 heterocycles. The Morgan fingerprint density at radius 1 is 1.06 bits per heavy atom. The largest absolute Gasteiger partial charge is 0.368 e. The van der Waals surface area contributed by atoms with Gasteiger partial charge in [-0.1, -0.05) is 12.8 Å². The van der Waals surface area contributed by atoms with E-state index in [2.05, 4.69) is 38.2 Å². The third kappa shape index (κ3) is 4.88. The Bertz CT molecular complexity index is 1280. The standard InChI is InChI=1S/C25H31N7O2.ClH/c1-16-20-15-27-25(28-21-9-8-19(14-26-21)31-12-10-30(3)11-13-31)29-23(20)32(18-6-4-5-7-18)24(34)22(16)17(2)33;/h8-9,14-15,18H,4-7,10-13H2,1-3H3,(H,26,27,28,29);1H. The fourth-order valence-corrected chi connectivity index (χ4v) is 5.14. The van der Waals surface area contributed by atoms with Gasteiger partial charge >= 0.3 is 0 Å². The highest BCUT2D eigenvalue weighted by molar-refractivity contribution is 5.99. The molecule has 3 aromatic heterocycles. The van der Waals surface area contributed by atoms with E-state index in [1.165, 1.54) is 6.92 Å². The summed E-state index contributed by atoms with van der Waals surface area (Å²) in [4.78, 5) is 44.1. The first-order valence-corrected chi connectivity index (χ1v) is 12.0. The maximum Gasteiger partial charge on any atom is 0.263 e. The minimum Gasteiger partial charge on any atom is -0.368 e. The van der Waals surface area contributed by atoms with Crippen molar-refractivity contribution < 1.29 is 4.79 Å². The van der Waals surface area contributed by atoms with Gasteiger partial charge < -0.3 is 15.1 Å². The predicted octanol–water partition coefficient (Wildman–Crippen LogP) is 3.73. The van der Waals surface area contributed by atoms with Crippen LogP contribution in [0.3, 0.4) is 0 Å². The van der Waals surface area contributed by atoms with E-state index in [1.54, 1.807) is 17.7 Å². The fourth-order valence-electron chi connectivity index (χ4n) is 5.14. The second-order valence-corrected chi connectivity index (χ2v) is 9.42. The molecule has 2 fully saturated rings. The van der Waals surface area contributed by atoms with Crippen LogP contribution in [0.15, 0.2) is 29.3 Å². The Morgan fingerprint density at radius 3 is 2.40 bits per heavy atom. The first kappa shape index (κ1) is 25.1. The number of aromatic nitrogens is 4. The first-order chi connectivity index (χ1) is 16.4. The number of Topliss-reactive ketones (excluding diaryl/α,β-unsaturated/α-hetero) is 1. The number of hydrogen-bond donors (Lipinski definition) is 1. The molecule has 0 unspecified atom stereocenters. The zero-order valence-corrected chi connectivity index (χ0v) is 21.3. The molecular formula is C25H32ClN7O2. The molecule has 5 rings (SSSR count). The van der Waals surface area contributed by atoms with Gasteiger partial charge in [0.05, 0.1) is 17.4 Å². The van der Waals surface area contributed by atoms with Crippen LogP contribution in [0.4, 0.5) is 17.5 Å². The van der Waals surface area contributed by atoms with Gasteiger partial charge in [0, 0.05) is 43.8 Å². The number of nitrogens with one attached hydrogen (secondary N) is 1. The first-order valence-electron chi connectivity index (χ1n) is 12.0. The molecule has 0 aromatic carbocycles. The summed E-state index contributed by atoms with van der Waals surface area (Å²) in [6, 6.07) is 4.03. The molecule has 1 aliphatic carbocycles. The van der Waals surface area contributed by atoms with Gasteiger partial charge in [0.1, 0.15) is 11.5 Å². The molecule has 3 aromatic rings. The number of ketones is 1. The van der Waals surface area contributed by atoms with Crippen LogP contribution >= 0.6 is 12.4 Å². The Kier molecular flexibility index (Phi) is 7.37. The molecular weight excluding hydrogens is 466 g/mol. The highest BCUT2D eigenvalue weighted by Gasteiger charge is 2.26. The number of carbonyl (C=O) groups is 1. The molecule has 0 spiro atoms. The summed E-state index contributed by atoms with van der Waals surface area (Å²) < 4.78 is 1.73. The Hall–Kier alpha value is -3.04. The van der Waals surface area contributed by atoms with Gasteiger partial charge in [0.15, 0.2) is 5.78 Å². The summed E-state index contributed by atoms with van der Waals surface area (Å²) in [5.41, 5.74) is 2.31. The molecule has 2 aliphatic rings. The average molecular weight is 498 g/mol. The number of hydrogen-bond acceptors (Lipinski definition) is 8. The highest BCUT2D eigenvalue weighted by Crippen LogP contribution is 2.32. The SMILES string of the molecule is CC(=O)c1c(C)c2cnc(Nc3ccc(N4CCN(C)CC4)cn3)nc2n(C2CCCC2)c1=O.Cl. The molecule has 35 heavy (non-hydrogen) atoms. The van der Waals surface area contributed by atoms with E-state index < -0.39 is 0 Å². The Morgan fingerprint density at radius 2 is 1.77 bits per heavy atom. The van der Waals surface area contributed by atoms with Crippen LogP contribution in [0.25, 0.3) is 11.0 Å². The number of halogens is 1. The fraction of sp³-hybridized carbons (Fsp3) is 0.480. The molecule has 0 radical (unpaired) electrons. The van der Waals surface area contributed by atoms with Gasteiger partial charge in [-0.3, -0.25) is 14.2 Å². The molecule has 0 amide bonds. The highest BCUT2D eigenvalue weighted by atomic mass is 35.5. The molecule has 186 valence electrons. The van der Waals surface area contributed by atoms with Crippen LogP contribution in [0.2, 0.25) is 0 Å². The van der Waals surface area contributed by atoms with Gasteiger partial charge in [-0.15, -0.1) is 12.4 Å². The zero-order valence-electron chi connectivity index (χ0n) is 20.5. The third-order valence-electron chi connectivity index (χ3n) is 7.11. The van der Waals surface area contributed by atoms with Gasteiger partial charge in [-0.05, 0) is 51.4 Å². The van der Waals surface area contributed by atoms with Crippen molar-refractivity contribution in [3.63, 3.8) is 0 Å². The molecule has 1 aliphatic heterocycles. The van der Waals surface area contributed by atoms with Crippen molar-refractivity contribution in [2.45, 2.75) is 45.6 Å². The van der Waals surface area contributed by atoms with E-state index in [4.69, 9.17) is 4.98 Å². The molecule has 0 atom stereocenters. The lowest BCUT2D eigenvalue weighted by atomic mass is 10.0. The number of aryl methyl sites for hydroxylation is 1.